The summed E-state index contributed by atoms with van der Waals surface area (Å²) in [6.45, 7) is 0. The quantitative estimate of drug-likeness (QED) is 0.246. The number of furan rings is 1. The molecule has 0 saturated carbocycles. The van der Waals surface area contributed by atoms with Gasteiger partial charge in [-0.3, -0.25) is 14.9 Å². The fourth-order valence-corrected chi connectivity index (χ4v) is 2.73. The highest BCUT2D eigenvalue weighted by atomic mass is 79.9. The third-order valence-corrected chi connectivity index (χ3v) is 4.22. The second-order valence-corrected chi connectivity index (χ2v) is 6.04. The van der Waals surface area contributed by atoms with E-state index < -0.39 is 4.92 Å². The van der Waals surface area contributed by atoms with E-state index in [2.05, 4.69) is 15.9 Å². The molecule has 3 rings (SSSR count). The molecule has 0 atom stereocenters. The number of non-ortho nitro benzene ring substituents is 1. The first-order chi connectivity index (χ1) is 12.0. The zero-order valence-electron chi connectivity index (χ0n) is 12.9. The van der Waals surface area contributed by atoms with Gasteiger partial charge in [0.05, 0.1) is 4.92 Å². The number of benzene rings is 2. The minimum Gasteiger partial charge on any atom is -0.457 e. The molecule has 6 heteroatoms. The van der Waals surface area contributed by atoms with Crippen LogP contribution in [0.5, 0.6) is 0 Å². The van der Waals surface area contributed by atoms with Crippen LogP contribution in [0, 0.1) is 10.1 Å². The van der Waals surface area contributed by atoms with E-state index in [0.717, 1.165) is 10.0 Å². The van der Waals surface area contributed by atoms with E-state index in [1.807, 2.05) is 6.07 Å². The summed E-state index contributed by atoms with van der Waals surface area (Å²) >= 11 is 3.35. The highest BCUT2D eigenvalue weighted by Gasteiger charge is 2.09. The molecule has 1 aromatic heterocycles. The molecule has 0 N–H and O–H groups in total. The standard InChI is InChI=1S/C19H12BrNO4/c20-17-4-2-1-3-16(17)18(22)11-9-15-10-12-19(25-15)13-5-7-14(8-6-13)21(23)24/h1-12H/b11-9+. The second kappa shape index (κ2) is 7.27. The molecule has 3 aromatic rings. The lowest BCUT2D eigenvalue weighted by atomic mass is 10.1. The summed E-state index contributed by atoms with van der Waals surface area (Å²) in [4.78, 5) is 22.4. The van der Waals surface area contributed by atoms with E-state index in [1.165, 1.54) is 18.2 Å². The van der Waals surface area contributed by atoms with Gasteiger partial charge in [0.2, 0.25) is 0 Å². The summed E-state index contributed by atoms with van der Waals surface area (Å²) in [5.41, 5.74) is 1.32. The Morgan fingerprint density at radius 2 is 1.76 bits per heavy atom. The minimum absolute atomic E-state index is 0.0226. The van der Waals surface area contributed by atoms with E-state index in [1.54, 1.807) is 48.5 Å². The van der Waals surface area contributed by atoms with Gasteiger partial charge in [-0.15, -0.1) is 0 Å². The topological polar surface area (TPSA) is 73.3 Å². The molecule has 0 saturated heterocycles. The van der Waals surface area contributed by atoms with Crippen molar-refractivity contribution >= 4 is 33.5 Å². The smallest absolute Gasteiger partial charge is 0.269 e. The fraction of sp³-hybridized carbons (Fsp3) is 0. The molecule has 0 fully saturated rings. The molecule has 0 aliphatic carbocycles. The first-order valence-corrected chi connectivity index (χ1v) is 8.15. The number of rotatable bonds is 5. The van der Waals surface area contributed by atoms with Crippen molar-refractivity contribution in [3.8, 4) is 11.3 Å². The molecule has 0 amide bonds. The number of halogens is 1. The minimum atomic E-state index is -0.451. The van der Waals surface area contributed by atoms with E-state index in [0.29, 0.717) is 17.1 Å². The summed E-state index contributed by atoms with van der Waals surface area (Å²) in [6.07, 6.45) is 3.04. The van der Waals surface area contributed by atoms with Gasteiger partial charge in [-0.25, -0.2) is 0 Å². The van der Waals surface area contributed by atoms with Crippen LogP contribution in [0.1, 0.15) is 16.1 Å². The first kappa shape index (κ1) is 16.9. The van der Waals surface area contributed by atoms with E-state index in [9.17, 15) is 14.9 Å². The van der Waals surface area contributed by atoms with Crippen LogP contribution in [0.2, 0.25) is 0 Å². The highest BCUT2D eigenvalue weighted by Crippen LogP contribution is 2.25. The third-order valence-electron chi connectivity index (χ3n) is 3.53. The Morgan fingerprint density at radius 3 is 2.44 bits per heavy atom. The summed E-state index contributed by atoms with van der Waals surface area (Å²) in [6, 6.07) is 16.8. The zero-order chi connectivity index (χ0) is 17.8. The average molecular weight is 398 g/mol. The molecule has 0 radical (unpaired) electrons. The number of allylic oxidation sites excluding steroid dienone is 1. The van der Waals surface area contributed by atoms with Crippen molar-refractivity contribution in [2.75, 3.05) is 0 Å². The van der Waals surface area contributed by atoms with Crippen LogP contribution in [-0.2, 0) is 0 Å². The predicted molar refractivity (Wildman–Crippen MR) is 98.3 cm³/mol. The summed E-state index contributed by atoms with van der Waals surface area (Å²) in [5.74, 6) is 0.956. The number of hydrogen-bond acceptors (Lipinski definition) is 4. The van der Waals surface area contributed by atoms with Crippen LogP contribution < -0.4 is 0 Å². The van der Waals surface area contributed by atoms with Gasteiger partial charge in [0.25, 0.3) is 5.69 Å². The highest BCUT2D eigenvalue weighted by molar-refractivity contribution is 9.10. The number of ketones is 1. The SMILES string of the molecule is O=C(/C=C/c1ccc(-c2ccc([N+](=O)[O-])cc2)o1)c1ccccc1Br. The zero-order valence-corrected chi connectivity index (χ0v) is 14.5. The Balaban J connectivity index is 1.76. The van der Waals surface area contributed by atoms with Crippen molar-refractivity contribution in [1.82, 2.24) is 0 Å². The number of nitro groups is 1. The van der Waals surface area contributed by atoms with Crippen molar-refractivity contribution in [1.29, 1.82) is 0 Å². The maximum atomic E-state index is 12.2. The van der Waals surface area contributed by atoms with Crippen molar-refractivity contribution in [2.45, 2.75) is 0 Å². The Labute approximate surface area is 151 Å². The third kappa shape index (κ3) is 3.92. The lowest BCUT2D eigenvalue weighted by Crippen LogP contribution is -1.94. The number of carbonyl (C=O) groups is 1. The van der Waals surface area contributed by atoms with Crippen molar-refractivity contribution < 1.29 is 14.1 Å². The molecule has 2 aromatic carbocycles. The summed E-state index contributed by atoms with van der Waals surface area (Å²) in [7, 11) is 0. The maximum absolute atomic E-state index is 12.2. The van der Waals surface area contributed by atoms with Crippen LogP contribution in [0.3, 0.4) is 0 Å². The Kier molecular flexibility index (Phi) is 4.90. The Hall–Kier alpha value is -2.99. The first-order valence-electron chi connectivity index (χ1n) is 7.36. The van der Waals surface area contributed by atoms with Gasteiger partial charge in [0, 0.05) is 27.7 Å². The van der Waals surface area contributed by atoms with Gasteiger partial charge in [0.1, 0.15) is 11.5 Å². The molecule has 0 aliphatic rings. The Morgan fingerprint density at radius 1 is 1.04 bits per heavy atom. The van der Waals surface area contributed by atoms with Gasteiger partial charge in [-0.1, -0.05) is 28.1 Å². The molecule has 0 bridgehead atoms. The number of nitro benzene ring substituents is 1. The van der Waals surface area contributed by atoms with Crippen LogP contribution in [0.4, 0.5) is 5.69 Å². The summed E-state index contributed by atoms with van der Waals surface area (Å²) < 4.78 is 6.40. The molecule has 0 unspecified atom stereocenters. The Bertz CT molecular complexity index is 958. The van der Waals surface area contributed by atoms with Crippen LogP contribution in [-0.4, -0.2) is 10.7 Å². The van der Waals surface area contributed by atoms with E-state index in [4.69, 9.17) is 4.42 Å². The molecule has 25 heavy (non-hydrogen) atoms. The summed E-state index contributed by atoms with van der Waals surface area (Å²) in [5, 5.41) is 10.7. The largest absolute Gasteiger partial charge is 0.457 e. The van der Waals surface area contributed by atoms with E-state index >= 15 is 0 Å². The lowest BCUT2D eigenvalue weighted by Gasteiger charge is -1.98. The maximum Gasteiger partial charge on any atom is 0.269 e. The molecular weight excluding hydrogens is 386 g/mol. The molecule has 1 heterocycles. The number of hydrogen-bond donors (Lipinski definition) is 0. The molecule has 0 aliphatic heterocycles. The van der Waals surface area contributed by atoms with Crippen LogP contribution in [0.15, 0.2) is 75.6 Å². The second-order valence-electron chi connectivity index (χ2n) is 5.18. The van der Waals surface area contributed by atoms with Gasteiger partial charge in [-0.2, -0.15) is 0 Å². The molecular formula is C19H12BrNO4. The monoisotopic (exact) mass is 397 g/mol. The normalized spacial score (nSPS) is 10.9. The molecule has 0 spiro atoms. The van der Waals surface area contributed by atoms with Crippen molar-refractivity contribution in [3.63, 3.8) is 0 Å². The number of nitrogens with zero attached hydrogens (tertiary/aromatic N) is 1. The average Bonchev–Trinajstić information content (AvgIpc) is 3.09. The molecule has 124 valence electrons. The van der Waals surface area contributed by atoms with Gasteiger partial charge in [-0.05, 0) is 48.6 Å². The van der Waals surface area contributed by atoms with Crippen LogP contribution in [0.25, 0.3) is 17.4 Å². The van der Waals surface area contributed by atoms with Crippen molar-refractivity contribution in [2.24, 2.45) is 0 Å². The van der Waals surface area contributed by atoms with E-state index in [-0.39, 0.29) is 11.5 Å². The number of carbonyl (C=O) groups excluding carboxylic acids is 1. The fourth-order valence-electron chi connectivity index (χ4n) is 2.25. The lowest BCUT2D eigenvalue weighted by molar-refractivity contribution is -0.384. The van der Waals surface area contributed by atoms with Gasteiger partial charge >= 0.3 is 0 Å². The van der Waals surface area contributed by atoms with Gasteiger partial charge < -0.3 is 4.42 Å². The predicted octanol–water partition coefficient (Wildman–Crippen LogP) is 5.51. The van der Waals surface area contributed by atoms with Gasteiger partial charge in [0.15, 0.2) is 5.78 Å². The van der Waals surface area contributed by atoms with Crippen molar-refractivity contribution in [3.05, 3.63) is 92.7 Å². The molecule has 5 nitrogen and oxygen atoms in total. The van der Waals surface area contributed by atoms with Crippen LogP contribution >= 0.6 is 15.9 Å².